The minimum atomic E-state index is -0.601. The van der Waals surface area contributed by atoms with Crippen molar-refractivity contribution in [2.45, 2.75) is 58.1 Å². The van der Waals surface area contributed by atoms with Gasteiger partial charge < -0.3 is 24.8 Å². The number of nitrogen functional groups attached to an aromatic ring is 1. The zero-order chi connectivity index (χ0) is 30.5. The third-order valence-corrected chi connectivity index (χ3v) is 8.08. The zero-order valence-corrected chi connectivity index (χ0v) is 24.4. The molecule has 9 nitrogen and oxygen atoms in total. The van der Waals surface area contributed by atoms with Gasteiger partial charge in [-0.25, -0.2) is 23.5 Å². The van der Waals surface area contributed by atoms with E-state index in [1.165, 1.54) is 6.33 Å². The first kappa shape index (κ1) is 28.6. The molecule has 0 radical (unpaired) electrons. The number of rotatable bonds is 4. The number of anilines is 2. The maximum absolute atomic E-state index is 14.2. The second kappa shape index (κ2) is 10.9. The van der Waals surface area contributed by atoms with Crippen LogP contribution < -0.4 is 10.6 Å². The number of fused-ring (bicyclic) bond motifs is 2. The Hall–Kier alpha value is -4.54. The van der Waals surface area contributed by atoms with Gasteiger partial charge in [-0.3, -0.25) is 4.79 Å². The van der Waals surface area contributed by atoms with Crippen molar-refractivity contribution < 1.29 is 23.1 Å². The highest BCUT2D eigenvalue weighted by Gasteiger charge is 2.30. The van der Waals surface area contributed by atoms with Crippen LogP contribution in [-0.4, -0.2) is 56.7 Å². The molecule has 2 amide bonds. The number of aromatic nitrogens is 3. The third-order valence-electron chi connectivity index (χ3n) is 8.08. The van der Waals surface area contributed by atoms with E-state index in [9.17, 15) is 18.4 Å². The largest absolute Gasteiger partial charge is 0.444 e. The summed E-state index contributed by atoms with van der Waals surface area (Å²) in [4.78, 5) is 37.9. The molecule has 0 saturated carbocycles. The van der Waals surface area contributed by atoms with E-state index in [0.29, 0.717) is 31.9 Å². The van der Waals surface area contributed by atoms with Gasteiger partial charge in [0.15, 0.2) is 0 Å². The maximum Gasteiger partial charge on any atom is 0.410 e. The number of hydrogen-bond donors (Lipinski definition) is 1. The van der Waals surface area contributed by atoms with Gasteiger partial charge in [0.25, 0.3) is 0 Å². The van der Waals surface area contributed by atoms with Crippen molar-refractivity contribution in [1.82, 2.24) is 19.4 Å². The van der Waals surface area contributed by atoms with E-state index < -0.39 is 17.2 Å². The van der Waals surface area contributed by atoms with Crippen LogP contribution in [0.5, 0.6) is 0 Å². The van der Waals surface area contributed by atoms with Crippen molar-refractivity contribution in [2.75, 3.05) is 30.3 Å². The SMILES string of the molecule is CC(C)(C)OC(=O)N1CCC(n2cc(-c3ccc4c(c3)CCN4C(=O)Cc3cc(F)ccc3F)c3c(N)ncnc32)CC1. The summed E-state index contributed by atoms with van der Waals surface area (Å²) in [5, 5.41) is 0.754. The summed E-state index contributed by atoms with van der Waals surface area (Å²) in [6, 6.07) is 9.12. The van der Waals surface area contributed by atoms with Crippen LogP contribution in [0, 0.1) is 11.6 Å². The Bertz CT molecular complexity index is 1720. The van der Waals surface area contributed by atoms with Crippen molar-refractivity contribution in [3.8, 4) is 11.1 Å². The average Bonchev–Trinajstić information content (AvgIpc) is 3.57. The number of piperidine rings is 1. The fourth-order valence-electron chi connectivity index (χ4n) is 6.02. The van der Waals surface area contributed by atoms with Gasteiger partial charge in [-0.15, -0.1) is 0 Å². The molecular weight excluding hydrogens is 554 g/mol. The van der Waals surface area contributed by atoms with Crippen LogP contribution >= 0.6 is 0 Å². The monoisotopic (exact) mass is 588 g/mol. The summed E-state index contributed by atoms with van der Waals surface area (Å²) in [7, 11) is 0. The molecule has 2 aliphatic heterocycles. The van der Waals surface area contributed by atoms with E-state index in [-0.39, 0.29) is 30.0 Å². The number of nitrogens with two attached hydrogens (primary N) is 1. The lowest BCUT2D eigenvalue weighted by Gasteiger charge is -2.34. The Labute approximate surface area is 248 Å². The molecule has 1 saturated heterocycles. The number of nitrogens with zero attached hydrogens (tertiary/aromatic N) is 5. The first-order valence-electron chi connectivity index (χ1n) is 14.4. The van der Waals surface area contributed by atoms with Gasteiger partial charge in [-0.2, -0.15) is 0 Å². The minimum Gasteiger partial charge on any atom is -0.444 e. The van der Waals surface area contributed by atoms with Gasteiger partial charge in [0.1, 0.15) is 35.0 Å². The molecule has 4 aromatic rings. The minimum absolute atomic E-state index is 0.0373. The Kier molecular flexibility index (Phi) is 7.27. The number of benzene rings is 2. The van der Waals surface area contributed by atoms with Crippen molar-refractivity contribution in [3.05, 3.63) is 71.7 Å². The Balaban J connectivity index is 1.25. The van der Waals surface area contributed by atoms with Gasteiger partial charge in [-0.1, -0.05) is 6.07 Å². The van der Waals surface area contributed by atoms with Crippen LogP contribution in [0.3, 0.4) is 0 Å². The lowest BCUT2D eigenvalue weighted by Crippen LogP contribution is -2.42. The molecule has 4 heterocycles. The van der Waals surface area contributed by atoms with Crippen LogP contribution in [0.15, 0.2) is 48.9 Å². The van der Waals surface area contributed by atoms with Crippen LogP contribution in [0.4, 0.5) is 25.1 Å². The number of ether oxygens (including phenoxy) is 1. The van der Waals surface area contributed by atoms with Crippen molar-refractivity contribution in [3.63, 3.8) is 0 Å². The molecular formula is C32H34F2N6O3. The van der Waals surface area contributed by atoms with Crippen molar-refractivity contribution >= 4 is 34.5 Å². The molecule has 11 heteroatoms. The zero-order valence-electron chi connectivity index (χ0n) is 24.4. The Morgan fingerprint density at radius 2 is 1.81 bits per heavy atom. The van der Waals surface area contributed by atoms with Crippen LogP contribution in [-0.2, 0) is 22.4 Å². The second-order valence-corrected chi connectivity index (χ2v) is 12.2. The average molecular weight is 589 g/mol. The van der Waals surface area contributed by atoms with Gasteiger partial charge in [-0.05, 0) is 81.5 Å². The van der Waals surface area contributed by atoms with E-state index in [2.05, 4.69) is 20.7 Å². The summed E-state index contributed by atoms with van der Waals surface area (Å²) >= 11 is 0. The third kappa shape index (κ3) is 5.63. The molecule has 0 bridgehead atoms. The highest BCUT2D eigenvalue weighted by atomic mass is 19.1. The summed E-state index contributed by atoms with van der Waals surface area (Å²) in [5.41, 5.74) is 10.1. The van der Waals surface area contributed by atoms with Gasteiger partial charge >= 0.3 is 6.09 Å². The molecule has 1 fully saturated rings. The summed E-state index contributed by atoms with van der Waals surface area (Å²) in [5.74, 6) is -1.09. The summed E-state index contributed by atoms with van der Waals surface area (Å²) < 4.78 is 35.5. The highest BCUT2D eigenvalue weighted by molar-refractivity contribution is 6.02. The second-order valence-electron chi connectivity index (χ2n) is 12.2. The molecule has 0 aliphatic carbocycles. The van der Waals surface area contributed by atoms with Gasteiger partial charge in [0, 0.05) is 48.7 Å². The number of halogens is 2. The smallest absolute Gasteiger partial charge is 0.410 e. The maximum atomic E-state index is 14.2. The van der Waals surface area contributed by atoms with Crippen LogP contribution in [0.1, 0.15) is 50.8 Å². The molecule has 0 unspecified atom stereocenters. The van der Waals surface area contributed by atoms with E-state index in [4.69, 9.17) is 10.5 Å². The standard InChI is InChI=1S/C32H34F2N6O3/c1-32(2,3)43-31(42)38-11-9-23(10-12-38)40-17-24(28-29(35)36-18-37-30(28)40)19-4-7-26-20(14-19)8-13-39(26)27(41)16-21-15-22(33)5-6-25(21)34/h4-7,14-15,17-18,23H,8-13,16H2,1-3H3,(H2,35,36,37). The molecule has 2 aliphatic rings. The quantitative estimate of drug-likeness (QED) is 0.330. The lowest BCUT2D eigenvalue weighted by molar-refractivity contribution is -0.117. The van der Waals surface area contributed by atoms with E-state index >= 15 is 0 Å². The van der Waals surface area contributed by atoms with Crippen molar-refractivity contribution in [1.29, 1.82) is 0 Å². The fourth-order valence-corrected chi connectivity index (χ4v) is 6.02. The number of hydrogen-bond acceptors (Lipinski definition) is 6. The predicted octanol–water partition coefficient (Wildman–Crippen LogP) is 5.66. The number of carbonyl (C=O) groups excluding carboxylic acids is 2. The number of likely N-dealkylation sites (tertiary alicyclic amines) is 1. The molecule has 0 spiro atoms. The number of amides is 2. The number of carbonyl (C=O) groups is 2. The molecule has 2 aromatic carbocycles. The Morgan fingerprint density at radius 1 is 1.05 bits per heavy atom. The molecule has 43 heavy (non-hydrogen) atoms. The highest BCUT2D eigenvalue weighted by Crippen LogP contribution is 2.39. The topological polar surface area (TPSA) is 107 Å². The van der Waals surface area contributed by atoms with E-state index in [1.54, 1.807) is 9.80 Å². The first-order valence-corrected chi connectivity index (χ1v) is 14.4. The van der Waals surface area contributed by atoms with Crippen LogP contribution in [0.2, 0.25) is 0 Å². The lowest BCUT2D eigenvalue weighted by atomic mass is 10.0. The molecule has 2 N–H and O–H groups in total. The van der Waals surface area contributed by atoms with Crippen LogP contribution in [0.25, 0.3) is 22.2 Å². The molecule has 0 atom stereocenters. The normalized spacial score (nSPS) is 15.7. The predicted molar refractivity (Wildman–Crippen MR) is 160 cm³/mol. The van der Waals surface area contributed by atoms with E-state index in [0.717, 1.165) is 64.5 Å². The van der Waals surface area contributed by atoms with Gasteiger partial charge in [0.2, 0.25) is 5.91 Å². The Morgan fingerprint density at radius 3 is 2.56 bits per heavy atom. The van der Waals surface area contributed by atoms with Gasteiger partial charge in [0.05, 0.1) is 11.8 Å². The molecule has 224 valence electrons. The first-order chi connectivity index (χ1) is 20.5. The van der Waals surface area contributed by atoms with E-state index in [1.807, 2.05) is 39.0 Å². The fraction of sp³-hybridized carbons (Fsp3) is 0.375. The van der Waals surface area contributed by atoms with Crippen molar-refractivity contribution in [2.24, 2.45) is 0 Å². The molecule has 6 rings (SSSR count). The summed E-state index contributed by atoms with van der Waals surface area (Å²) in [6.45, 7) is 7.17. The molecule has 2 aromatic heterocycles. The summed E-state index contributed by atoms with van der Waals surface area (Å²) in [6.07, 6.45) is 5.09.